The van der Waals surface area contributed by atoms with Crippen molar-refractivity contribution in [1.82, 2.24) is 14.9 Å². The van der Waals surface area contributed by atoms with E-state index in [1.165, 1.54) is 16.4 Å². The summed E-state index contributed by atoms with van der Waals surface area (Å²) in [5.74, 6) is 7.34. The molecule has 28 heavy (non-hydrogen) atoms. The smallest absolute Gasteiger partial charge is 0.234 e. The van der Waals surface area contributed by atoms with E-state index in [1.807, 2.05) is 44.2 Å². The molecule has 9 heteroatoms. The maximum Gasteiger partial charge on any atom is 0.234 e. The van der Waals surface area contributed by atoms with E-state index in [0.29, 0.717) is 28.3 Å². The van der Waals surface area contributed by atoms with Crippen LogP contribution in [0.1, 0.15) is 12.5 Å². The van der Waals surface area contributed by atoms with Gasteiger partial charge in [0, 0.05) is 16.3 Å². The third kappa shape index (κ3) is 4.76. The molecule has 3 aromatic rings. The number of halogens is 1. The van der Waals surface area contributed by atoms with Crippen LogP contribution < -0.4 is 15.9 Å². The van der Waals surface area contributed by atoms with Crippen LogP contribution in [0.5, 0.6) is 5.75 Å². The van der Waals surface area contributed by atoms with Crippen molar-refractivity contribution in [2.75, 3.05) is 23.5 Å². The number of anilines is 1. The molecule has 0 saturated carbocycles. The Hall–Kier alpha value is -2.71. The quantitative estimate of drug-likeness (QED) is 0.449. The van der Waals surface area contributed by atoms with E-state index in [-0.39, 0.29) is 11.7 Å². The van der Waals surface area contributed by atoms with Crippen LogP contribution >= 0.6 is 23.4 Å². The monoisotopic (exact) mass is 417 g/mol. The number of nitrogens with one attached hydrogen (secondary N) is 1. The Kier molecular flexibility index (Phi) is 6.43. The van der Waals surface area contributed by atoms with Crippen molar-refractivity contribution in [3.63, 3.8) is 0 Å². The number of aromatic nitrogens is 3. The zero-order chi connectivity index (χ0) is 20.1. The van der Waals surface area contributed by atoms with Gasteiger partial charge in [-0.25, -0.2) is 4.68 Å². The molecule has 1 aromatic heterocycles. The normalized spacial score (nSPS) is 10.7. The van der Waals surface area contributed by atoms with Crippen LogP contribution in [0.2, 0.25) is 5.02 Å². The molecule has 0 saturated heterocycles. The lowest BCUT2D eigenvalue weighted by Crippen LogP contribution is -2.16. The van der Waals surface area contributed by atoms with Gasteiger partial charge in [-0.05, 0) is 55.8 Å². The zero-order valence-electron chi connectivity index (χ0n) is 15.5. The number of ether oxygens (including phenoxy) is 1. The first-order valence-corrected chi connectivity index (χ1v) is 9.96. The van der Waals surface area contributed by atoms with Crippen molar-refractivity contribution < 1.29 is 9.53 Å². The van der Waals surface area contributed by atoms with Gasteiger partial charge in [-0.1, -0.05) is 29.4 Å². The maximum absolute atomic E-state index is 12.2. The third-order valence-corrected chi connectivity index (χ3v) is 5.23. The van der Waals surface area contributed by atoms with E-state index in [4.69, 9.17) is 22.2 Å². The molecule has 0 radical (unpaired) electrons. The highest BCUT2D eigenvalue weighted by Gasteiger charge is 2.14. The number of hydrogen-bond donors (Lipinski definition) is 2. The average molecular weight is 418 g/mol. The summed E-state index contributed by atoms with van der Waals surface area (Å²) in [7, 11) is 0. The molecule has 0 bridgehead atoms. The van der Waals surface area contributed by atoms with E-state index in [9.17, 15) is 4.79 Å². The van der Waals surface area contributed by atoms with Gasteiger partial charge in [-0.2, -0.15) is 0 Å². The fourth-order valence-electron chi connectivity index (χ4n) is 2.44. The molecule has 0 aliphatic rings. The third-order valence-electron chi connectivity index (χ3n) is 3.88. The summed E-state index contributed by atoms with van der Waals surface area (Å²) in [6.45, 7) is 4.43. The van der Waals surface area contributed by atoms with E-state index in [2.05, 4.69) is 15.5 Å². The fraction of sp³-hybridized carbons (Fsp3) is 0.211. The minimum Gasteiger partial charge on any atom is -0.494 e. The van der Waals surface area contributed by atoms with Crippen LogP contribution in [0, 0.1) is 6.92 Å². The van der Waals surface area contributed by atoms with Crippen LogP contribution in [-0.2, 0) is 4.79 Å². The number of nitrogens with zero attached hydrogens (tertiary/aromatic N) is 3. The first-order valence-electron chi connectivity index (χ1n) is 8.60. The second kappa shape index (κ2) is 8.99. The molecule has 2 aromatic carbocycles. The SMILES string of the molecule is CCOc1ccc(-c2nnc(SCC(=O)Nc3ccc(C)c(Cl)c3)n2N)cc1. The number of carbonyl (C=O) groups is 1. The van der Waals surface area contributed by atoms with Crippen molar-refractivity contribution in [1.29, 1.82) is 0 Å². The predicted molar refractivity (Wildman–Crippen MR) is 112 cm³/mol. The molecule has 0 aliphatic carbocycles. The van der Waals surface area contributed by atoms with Crippen molar-refractivity contribution in [3.05, 3.63) is 53.1 Å². The summed E-state index contributed by atoms with van der Waals surface area (Å²) in [5.41, 5.74) is 2.40. The fourth-order valence-corrected chi connectivity index (χ4v) is 3.27. The van der Waals surface area contributed by atoms with Crippen LogP contribution in [0.15, 0.2) is 47.6 Å². The minimum absolute atomic E-state index is 0.143. The number of aryl methyl sites for hydroxylation is 1. The van der Waals surface area contributed by atoms with Crippen molar-refractivity contribution in [3.8, 4) is 17.1 Å². The Balaban J connectivity index is 1.62. The molecule has 1 heterocycles. The molecule has 0 atom stereocenters. The molecule has 3 rings (SSSR count). The summed E-state index contributed by atoms with van der Waals surface area (Å²) in [5, 5.41) is 12.0. The molecule has 7 nitrogen and oxygen atoms in total. The number of thioether (sulfide) groups is 1. The molecular weight excluding hydrogens is 398 g/mol. The Morgan fingerprint density at radius 3 is 2.68 bits per heavy atom. The number of benzene rings is 2. The zero-order valence-corrected chi connectivity index (χ0v) is 17.0. The summed E-state index contributed by atoms with van der Waals surface area (Å²) in [6.07, 6.45) is 0. The molecule has 0 unspecified atom stereocenters. The number of nitrogens with two attached hydrogens (primary N) is 1. The summed E-state index contributed by atoms with van der Waals surface area (Å²) in [4.78, 5) is 12.2. The summed E-state index contributed by atoms with van der Waals surface area (Å²) < 4.78 is 6.80. The van der Waals surface area contributed by atoms with Gasteiger partial charge in [0.2, 0.25) is 11.1 Å². The number of carbonyl (C=O) groups excluding carboxylic acids is 1. The van der Waals surface area contributed by atoms with E-state index < -0.39 is 0 Å². The van der Waals surface area contributed by atoms with Gasteiger partial charge in [0.15, 0.2) is 5.82 Å². The number of rotatable bonds is 7. The highest BCUT2D eigenvalue weighted by molar-refractivity contribution is 7.99. The second-order valence-corrected chi connectivity index (χ2v) is 7.28. The predicted octanol–water partition coefficient (Wildman–Crippen LogP) is 3.75. The molecule has 146 valence electrons. The molecule has 0 spiro atoms. The lowest BCUT2D eigenvalue weighted by Gasteiger charge is -2.07. The van der Waals surface area contributed by atoms with Crippen molar-refractivity contribution in [2.24, 2.45) is 0 Å². The minimum atomic E-state index is -0.185. The lowest BCUT2D eigenvalue weighted by molar-refractivity contribution is -0.113. The van der Waals surface area contributed by atoms with E-state index in [1.54, 1.807) is 12.1 Å². The first-order chi connectivity index (χ1) is 13.5. The van der Waals surface area contributed by atoms with Gasteiger partial charge in [0.1, 0.15) is 5.75 Å². The Bertz CT molecular complexity index is 975. The Morgan fingerprint density at radius 2 is 2.00 bits per heavy atom. The summed E-state index contributed by atoms with van der Waals surface area (Å²) >= 11 is 7.28. The van der Waals surface area contributed by atoms with E-state index >= 15 is 0 Å². The van der Waals surface area contributed by atoms with Gasteiger partial charge in [0.25, 0.3) is 0 Å². The Morgan fingerprint density at radius 1 is 1.25 bits per heavy atom. The van der Waals surface area contributed by atoms with Crippen LogP contribution in [0.3, 0.4) is 0 Å². The molecule has 0 fully saturated rings. The highest BCUT2D eigenvalue weighted by atomic mass is 35.5. The molecule has 3 N–H and O–H groups in total. The average Bonchev–Trinajstić information content (AvgIpc) is 3.04. The standard InChI is InChI=1S/C19H20ClN5O2S/c1-3-27-15-8-5-13(6-9-15)18-23-24-19(25(18)21)28-11-17(26)22-14-7-4-12(2)16(20)10-14/h4-10H,3,11,21H2,1-2H3,(H,22,26). The van der Waals surface area contributed by atoms with Gasteiger partial charge in [-0.15, -0.1) is 10.2 Å². The number of hydrogen-bond acceptors (Lipinski definition) is 6. The first kappa shape index (κ1) is 20.0. The van der Waals surface area contributed by atoms with Crippen molar-refractivity contribution >= 4 is 35.0 Å². The van der Waals surface area contributed by atoms with Crippen LogP contribution in [-0.4, -0.2) is 33.1 Å². The summed E-state index contributed by atoms with van der Waals surface area (Å²) in [6, 6.07) is 12.8. The van der Waals surface area contributed by atoms with Crippen LogP contribution in [0.25, 0.3) is 11.4 Å². The van der Waals surface area contributed by atoms with Crippen molar-refractivity contribution in [2.45, 2.75) is 19.0 Å². The number of nitrogen functional groups attached to an aromatic ring is 1. The molecular formula is C19H20ClN5O2S. The maximum atomic E-state index is 12.2. The molecule has 1 amide bonds. The van der Waals surface area contributed by atoms with Gasteiger partial charge in [0.05, 0.1) is 12.4 Å². The largest absolute Gasteiger partial charge is 0.494 e. The number of amides is 1. The lowest BCUT2D eigenvalue weighted by atomic mass is 10.2. The van der Waals surface area contributed by atoms with Crippen LogP contribution in [0.4, 0.5) is 5.69 Å². The van der Waals surface area contributed by atoms with Gasteiger partial charge < -0.3 is 15.9 Å². The van der Waals surface area contributed by atoms with E-state index in [0.717, 1.165) is 16.9 Å². The Labute approximate surface area is 172 Å². The second-order valence-electron chi connectivity index (χ2n) is 5.93. The van der Waals surface area contributed by atoms with Gasteiger partial charge >= 0.3 is 0 Å². The topological polar surface area (TPSA) is 95.1 Å². The highest BCUT2D eigenvalue weighted by Crippen LogP contribution is 2.24. The molecule has 0 aliphatic heterocycles. The van der Waals surface area contributed by atoms with Gasteiger partial charge in [-0.3, -0.25) is 4.79 Å².